The van der Waals surface area contributed by atoms with Crippen molar-refractivity contribution in [3.05, 3.63) is 87.4 Å². The van der Waals surface area contributed by atoms with Crippen molar-refractivity contribution in [2.75, 3.05) is 14.2 Å². The molecule has 0 aliphatic rings. The molecule has 4 aromatic rings. The van der Waals surface area contributed by atoms with E-state index in [-0.39, 0.29) is 5.56 Å². The molecule has 1 N–H and O–H groups in total. The number of isothiocyanates is 1. The van der Waals surface area contributed by atoms with E-state index in [0.29, 0.717) is 33.0 Å². The van der Waals surface area contributed by atoms with E-state index in [0.717, 1.165) is 11.1 Å². The molecular formula is C24H21N3O3S2. The number of benzene rings is 3. The molecule has 6 nitrogen and oxygen atoms in total. The van der Waals surface area contributed by atoms with Gasteiger partial charge in [0.25, 0.3) is 5.56 Å². The van der Waals surface area contributed by atoms with Gasteiger partial charge in [-0.3, -0.25) is 4.79 Å². The minimum absolute atomic E-state index is 0.154. The summed E-state index contributed by atoms with van der Waals surface area (Å²) in [6.45, 7) is 1.97. The maximum Gasteiger partial charge on any atom is 0.266 e. The first-order chi connectivity index (χ1) is 15.5. The van der Waals surface area contributed by atoms with Gasteiger partial charge < -0.3 is 14.5 Å². The van der Waals surface area contributed by atoms with Crippen LogP contribution in [0, 0.1) is 11.7 Å². The van der Waals surface area contributed by atoms with E-state index in [1.807, 2.05) is 67.6 Å². The Bertz CT molecular complexity index is 1420. The van der Waals surface area contributed by atoms with E-state index in [1.165, 1.54) is 4.57 Å². The summed E-state index contributed by atoms with van der Waals surface area (Å²) in [5.41, 5.74) is 3.01. The average molecular weight is 464 g/mol. The van der Waals surface area contributed by atoms with E-state index in [2.05, 4.69) is 27.4 Å². The Morgan fingerprint density at radius 1 is 0.969 bits per heavy atom. The highest BCUT2D eigenvalue weighted by molar-refractivity contribution is 7.78. The third kappa shape index (κ3) is 5.00. The number of nitrogens with one attached hydrogen (secondary N) is 1. The molecule has 0 bridgehead atoms. The normalized spacial score (nSPS) is 9.97. The van der Waals surface area contributed by atoms with E-state index in [4.69, 9.17) is 21.7 Å². The standard InChI is InChI=1S/C16H14N2O2S.C8H7NOS/c1-10-7-8-11-12(9-10)17-16(21)18(15(11)19)13-5-3-4-6-14(13)20-2;1-10-8-5-3-2-4-7(8)9-6-11/h3-9H,1-2H3,(H,17,21);2-5H,1H3. The largest absolute Gasteiger partial charge is 0.495 e. The second-order valence-corrected chi connectivity index (χ2v) is 7.24. The summed E-state index contributed by atoms with van der Waals surface area (Å²) >= 11 is 9.82. The van der Waals surface area contributed by atoms with Crippen LogP contribution in [0.5, 0.6) is 11.5 Å². The molecule has 0 saturated heterocycles. The SMILES string of the molecule is COc1ccccc1-n1c(=S)[nH]c2cc(C)ccc2c1=O.COc1ccccc1N=C=S. The van der Waals surface area contributed by atoms with Gasteiger partial charge in [-0.05, 0) is 73.3 Å². The summed E-state index contributed by atoms with van der Waals surface area (Å²) in [6.07, 6.45) is 0. The molecule has 0 spiro atoms. The van der Waals surface area contributed by atoms with Crippen LogP contribution in [0.25, 0.3) is 16.6 Å². The highest BCUT2D eigenvalue weighted by Gasteiger charge is 2.11. The zero-order chi connectivity index (χ0) is 23.1. The molecule has 0 fully saturated rings. The van der Waals surface area contributed by atoms with Gasteiger partial charge in [0.2, 0.25) is 0 Å². The van der Waals surface area contributed by atoms with Gasteiger partial charge in [0.1, 0.15) is 17.2 Å². The highest BCUT2D eigenvalue weighted by atomic mass is 32.1. The monoisotopic (exact) mass is 463 g/mol. The lowest BCUT2D eigenvalue weighted by Crippen LogP contribution is -2.21. The first-order valence-corrected chi connectivity index (χ1v) is 10.4. The lowest BCUT2D eigenvalue weighted by molar-refractivity contribution is 0.412. The lowest BCUT2D eigenvalue weighted by atomic mass is 10.2. The quantitative estimate of drug-likeness (QED) is 0.306. The first-order valence-electron chi connectivity index (χ1n) is 9.60. The molecule has 0 amide bonds. The molecule has 0 unspecified atom stereocenters. The second-order valence-electron chi connectivity index (χ2n) is 6.67. The van der Waals surface area contributed by atoms with Crippen molar-refractivity contribution in [2.45, 2.75) is 6.92 Å². The number of hydrogen-bond acceptors (Lipinski definition) is 6. The fraction of sp³-hybridized carbons (Fsp3) is 0.125. The Morgan fingerprint density at radius 3 is 2.31 bits per heavy atom. The molecule has 8 heteroatoms. The van der Waals surface area contributed by atoms with Crippen molar-refractivity contribution in [1.82, 2.24) is 9.55 Å². The number of nitrogens with zero attached hydrogens (tertiary/aromatic N) is 2. The number of aromatic nitrogens is 2. The Balaban J connectivity index is 0.000000222. The number of aryl methyl sites for hydroxylation is 1. The molecule has 0 atom stereocenters. The predicted molar refractivity (Wildman–Crippen MR) is 134 cm³/mol. The van der Waals surface area contributed by atoms with Gasteiger partial charge in [0.15, 0.2) is 4.77 Å². The third-order valence-corrected chi connectivity index (χ3v) is 5.01. The summed E-state index contributed by atoms with van der Waals surface area (Å²) in [6, 6.07) is 20.3. The third-order valence-electron chi connectivity index (χ3n) is 4.63. The second kappa shape index (κ2) is 10.6. The van der Waals surface area contributed by atoms with Crippen LogP contribution in [0.1, 0.15) is 5.56 Å². The average Bonchev–Trinajstić information content (AvgIpc) is 2.80. The summed E-state index contributed by atoms with van der Waals surface area (Å²) in [5, 5.41) is 2.88. The number of para-hydroxylation sites is 4. The van der Waals surface area contributed by atoms with Gasteiger partial charge in [0.05, 0.1) is 36.0 Å². The Morgan fingerprint density at radius 2 is 1.62 bits per heavy atom. The number of ether oxygens (including phenoxy) is 2. The molecule has 0 aliphatic carbocycles. The van der Waals surface area contributed by atoms with Crippen molar-refractivity contribution in [1.29, 1.82) is 0 Å². The Labute approximate surface area is 195 Å². The lowest BCUT2D eigenvalue weighted by Gasteiger charge is -2.12. The van der Waals surface area contributed by atoms with Gasteiger partial charge in [-0.15, -0.1) is 0 Å². The fourth-order valence-corrected chi connectivity index (χ4v) is 3.53. The van der Waals surface area contributed by atoms with Crippen molar-refractivity contribution >= 4 is 46.2 Å². The van der Waals surface area contributed by atoms with Gasteiger partial charge in [0, 0.05) is 0 Å². The topological polar surface area (TPSA) is 68.6 Å². The molecule has 4 rings (SSSR count). The molecule has 0 aliphatic heterocycles. The summed E-state index contributed by atoms with van der Waals surface area (Å²) < 4.78 is 12.2. The molecule has 0 radical (unpaired) electrons. The molecule has 1 heterocycles. The van der Waals surface area contributed by atoms with E-state index in [1.54, 1.807) is 20.3 Å². The number of H-pyrrole nitrogens is 1. The maximum absolute atomic E-state index is 12.7. The summed E-state index contributed by atoms with van der Waals surface area (Å²) in [5.74, 6) is 1.32. The van der Waals surface area contributed by atoms with Crippen LogP contribution >= 0.6 is 24.4 Å². The number of aromatic amines is 1. The van der Waals surface area contributed by atoms with Gasteiger partial charge in [-0.25, -0.2) is 4.57 Å². The van der Waals surface area contributed by atoms with Crippen molar-refractivity contribution < 1.29 is 9.47 Å². The van der Waals surface area contributed by atoms with Crippen molar-refractivity contribution in [3.63, 3.8) is 0 Å². The van der Waals surface area contributed by atoms with E-state index >= 15 is 0 Å². The van der Waals surface area contributed by atoms with Crippen molar-refractivity contribution in [2.24, 2.45) is 4.99 Å². The number of thiocarbonyl (C=S) groups is 1. The summed E-state index contributed by atoms with van der Waals surface area (Å²) in [7, 11) is 3.17. The van der Waals surface area contributed by atoms with Crippen LogP contribution in [0.4, 0.5) is 5.69 Å². The van der Waals surface area contributed by atoms with Crippen LogP contribution < -0.4 is 15.0 Å². The van der Waals surface area contributed by atoms with E-state index in [9.17, 15) is 4.79 Å². The Hall–Kier alpha value is -3.58. The minimum atomic E-state index is -0.154. The zero-order valence-corrected chi connectivity index (χ0v) is 19.4. The maximum atomic E-state index is 12.7. The molecule has 162 valence electrons. The molecule has 0 saturated carbocycles. The van der Waals surface area contributed by atoms with E-state index < -0.39 is 0 Å². The molecule has 1 aromatic heterocycles. The zero-order valence-electron chi connectivity index (χ0n) is 17.8. The van der Waals surface area contributed by atoms with Crippen LogP contribution in [-0.2, 0) is 0 Å². The predicted octanol–water partition coefficient (Wildman–Crippen LogP) is 5.79. The van der Waals surface area contributed by atoms with Crippen LogP contribution in [-0.4, -0.2) is 28.9 Å². The smallest absolute Gasteiger partial charge is 0.266 e. The van der Waals surface area contributed by atoms with Gasteiger partial charge >= 0.3 is 0 Å². The van der Waals surface area contributed by atoms with Gasteiger partial charge in [-0.1, -0.05) is 30.3 Å². The van der Waals surface area contributed by atoms with Crippen LogP contribution in [0.3, 0.4) is 0 Å². The first kappa shape index (κ1) is 23.1. The van der Waals surface area contributed by atoms with Gasteiger partial charge in [-0.2, -0.15) is 4.99 Å². The number of fused-ring (bicyclic) bond motifs is 1. The molecule has 3 aromatic carbocycles. The van der Waals surface area contributed by atoms with Crippen LogP contribution in [0.15, 0.2) is 76.5 Å². The molecule has 32 heavy (non-hydrogen) atoms. The summed E-state index contributed by atoms with van der Waals surface area (Å²) in [4.78, 5) is 19.7. The number of hydrogen-bond donors (Lipinski definition) is 1. The highest BCUT2D eigenvalue weighted by Crippen LogP contribution is 2.25. The minimum Gasteiger partial charge on any atom is -0.495 e. The Kier molecular flexibility index (Phi) is 7.68. The number of aliphatic imine (C=N–C) groups is 1. The fourth-order valence-electron chi connectivity index (χ4n) is 3.14. The molecular weight excluding hydrogens is 442 g/mol. The van der Waals surface area contributed by atoms with Crippen molar-refractivity contribution in [3.8, 4) is 17.2 Å². The number of rotatable bonds is 4. The number of methoxy groups -OCH3 is 2. The van der Waals surface area contributed by atoms with Crippen LogP contribution in [0.2, 0.25) is 0 Å².